The molecule has 0 radical (unpaired) electrons. The Morgan fingerprint density at radius 2 is 1.88 bits per heavy atom. The van der Waals surface area contributed by atoms with Gasteiger partial charge in [0.1, 0.15) is 17.1 Å². The number of allylic oxidation sites excluding steroid dienone is 1. The first kappa shape index (κ1) is 16.5. The Labute approximate surface area is 144 Å². The SMILES string of the molecule is COC(=O)C1=CC(O)=CC2=C(C(N)=O)C(=N)N(c3ccccc3)C12C. The number of benzene rings is 1. The molecule has 1 aliphatic heterocycles. The topological polar surface area (TPSA) is 117 Å². The highest BCUT2D eigenvalue weighted by molar-refractivity contribution is 6.30. The molecular formula is C18H17N3O4. The van der Waals surface area contributed by atoms with E-state index >= 15 is 0 Å². The molecule has 3 rings (SSSR count). The molecule has 128 valence electrons. The van der Waals surface area contributed by atoms with Crippen molar-refractivity contribution in [1.29, 1.82) is 5.41 Å². The molecule has 7 heteroatoms. The van der Waals surface area contributed by atoms with Crippen molar-refractivity contribution in [2.75, 3.05) is 12.0 Å². The molecule has 0 saturated carbocycles. The monoisotopic (exact) mass is 339 g/mol. The molecule has 4 N–H and O–H groups in total. The quantitative estimate of drug-likeness (QED) is 0.723. The van der Waals surface area contributed by atoms with E-state index in [2.05, 4.69) is 0 Å². The Bertz CT molecular complexity index is 883. The van der Waals surface area contributed by atoms with Crippen LogP contribution >= 0.6 is 0 Å². The molecule has 1 heterocycles. The molecular weight excluding hydrogens is 322 g/mol. The largest absolute Gasteiger partial charge is 0.508 e. The number of amidine groups is 1. The van der Waals surface area contributed by atoms with Crippen LogP contribution in [0.4, 0.5) is 5.69 Å². The van der Waals surface area contributed by atoms with Gasteiger partial charge in [-0.05, 0) is 31.2 Å². The van der Waals surface area contributed by atoms with E-state index in [4.69, 9.17) is 15.9 Å². The molecule has 1 amide bonds. The molecule has 1 unspecified atom stereocenters. The Hall–Kier alpha value is -3.35. The number of aliphatic hydroxyl groups is 1. The number of anilines is 1. The highest BCUT2D eigenvalue weighted by Crippen LogP contribution is 2.47. The number of carbonyl (C=O) groups excluding carboxylic acids is 2. The van der Waals surface area contributed by atoms with E-state index in [1.807, 2.05) is 6.07 Å². The van der Waals surface area contributed by atoms with Gasteiger partial charge < -0.3 is 20.5 Å². The van der Waals surface area contributed by atoms with Crippen molar-refractivity contribution in [3.05, 3.63) is 65.0 Å². The average Bonchev–Trinajstić information content (AvgIpc) is 2.81. The first-order valence-corrected chi connectivity index (χ1v) is 7.52. The summed E-state index contributed by atoms with van der Waals surface area (Å²) in [5.74, 6) is -1.83. The summed E-state index contributed by atoms with van der Waals surface area (Å²) in [6, 6.07) is 8.90. The minimum Gasteiger partial charge on any atom is -0.508 e. The summed E-state index contributed by atoms with van der Waals surface area (Å²) in [7, 11) is 1.23. The van der Waals surface area contributed by atoms with Crippen molar-refractivity contribution < 1.29 is 19.4 Å². The summed E-state index contributed by atoms with van der Waals surface area (Å²) in [5.41, 5.74) is 5.23. The summed E-state index contributed by atoms with van der Waals surface area (Å²) >= 11 is 0. The zero-order chi connectivity index (χ0) is 18.4. The number of carbonyl (C=O) groups is 2. The molecule has 0 spiro atoms. The number of methoxy groups -OCH3 is 1. The van der Waals surface area contributed by atoms with Crippen LogP contribution in [0, 0.1) is 5.41 Å². The molecule has 1 aliphatic carbocycles. The molecule has 0 saturated heterocycles. The van der Waals surface area contributed by atoms with Gasteiger partial charge in [-0.3, -0.25) is 10.2 Å². The zero-order valence-corrected chi connectivity index (χ0v) is 13.7. The van der Waals surface area contributed by atoms with Gasteiger partial charge in [-0.1, -0.05) is 18.2 Å². The lowest BCUT2D eigenvalue weighted by atomic mass is 9.79. The Morgan fingerprint density at radius 1 is 1.24 bits per heavy atom. The van der Waals surface area contributed by atoms with Crippen molar-refractivity contribution in [3.8, 4) is 0 Å². The van der Waals surface area contributed by atoms with Gasteiger partial charge in [-0.25, -0.2) is 4.79 Å². The van der Waals surface area contributed by atoms with E-state index in [-0.39, 0.29) is 28.3 Å². The number of esters is 1. The lowest BCUT2D eigenvalue weighted by Crippen LogP contribution is -2.50. The summed E-state index contributed by atoms with van der Waals surface area (Å²) in [6.45, 7) is 1.69. The number of nitrogens with two attached hydrogens (primary N) is 1. The van der Waals surface area contributed by atoms with Crippen molar-refractivity contribution in [2.45, 2.75) is 12.5 Å². The van der Waals surface area contributed by atoms with Crippen LogP contribution in [0.25, 0.3) is 0 Å². The second kappa shape index (κ2) is 5.62. The summed E-state index contributed by atoms with van der Waals surface area (Å²) in [5, 5.41) is 18.5. The van der Waals surface area contributed by atoms with Gasteiger partial charge in [0.2, 0.25) is 0 Å². The van der Waals surface area contributed by atoms with E-state index in [0.717, 1.165) is 0 Å². The third-order valence-electron chi connectivity index (χ3n) is 4.48. The van der Waals surface area contributed by atoms with Gasteiger partial charge in [0.25, 0.3) is 5.91 Å². The molecule has 0 aromatic heterocycles. The molecule has 0 fully saturated rings. The number of nitrogens with one attached hydrogen (secondary N) is 1. The third-order valence-corrected chi connectivity index (χ3v) is 4.48. The number of primary amides is 1. The van der Waals surface area contributed by atoms with E-state index < -0.39 is 17.4 Å². The highest BCUT2D eigenvalue weighted by atomic mass is 16.5. The maximum atomic E-state index is 12.4. The van der Waals surface area contributed by atoms with E-state index in [1.165, 1.54) is 24.2 Å². The van der Waals surface area contributed by atoms with Gasteiger partial charge in [0, 0.05) is 11.3 Å². The molecule has 1 atom stereocenters. The lowest BCUT2D eigenvalue weighted by Gasteiger charge is -2.40. The second-order valence-corrected chi connectivity index (χ2v) is 5.86. The number of hydrogen-bond donors (Lipinski definition) is 3. The first-order valence-electron chi connectivity index (χ1n) is 7.52. The number of ether oxygens (including phenoxy) is 1. The Balaban J connectivity index is 2.32. The van der Waals surface area contributed by atoms with Crippen molar-refractivity contribution in [1.82, 2.24) is 0 Å². The van der Waals surface area contributed by atoms with Gasteiger partial charge in [0.15, 0.2) is 0 Å². The minimum atomic E-state index is -1.21. The van der Waals surface area contributed by atoms with Gasteiger partial charge in [0.05, 0.1) is 18.3 Å². The Morgan fingerprint density at radius 3 is 2.44 bits per heavy atom. The van der Waals surface area contributed by atoms with Crippen LogP contribution in [0.2, 0.25) is 0 Å². The van der Waals surface area contributed by atoms with Crippen molar-refractivity contribution in [2.24, 2.45) is 5.73 Å². The fourth-order valence-corrected chi connectivity index (χ4v) is 3.36. The number of fused-ring (bicyclic) bond motifs is 1. The molecule has 1 aromatic carbocycles. The Kier molecular flexibility index (Phi) is 3.71. The normalized spacial score (nSPS) is 22.3. The average molecular weight is 339 g/mol. The standard InChI is InChI=1S/C18H17N3O4/c1-18-12(8-11(22)9-13(18)17(24)25-2)14(16(20)23)15(19)21(18)10-6-4-3-5-7-10/h3-9,19,22H,1-2H3,(H2,20,23). The lowest BCUT2D eigenvalue weighted by molar-refractivity contribution is -0.136. The smallest absolute Gasteiger partial charge is 0.336 e. The van der Waals surface area contributed by atoms with Gasteiger partial charge >= 0.3 is 5.97 Å². The summed E-state index contributed by atoms with van der Waals surface area (Å²) in [4.78, 5) is 25.9. The maximum Gasteiger partial charge on any atom is 0.336 e. The number of nitrogens with zero attached hydrogens (tertiary/aromatic N) is 1. The van der Waals surface area contributed by atoms with Crippen LogP contribution < -0.4 is 10.6 Å². The van der Waals surface area contributed by atoms with Gasteiger partial charge in [-0.2, -0.15) is 0 Å². The molecule has 0 bridgehead atoms. The van der Waals surface area contributed by atoms with Crippen LogP contribution in [0.5, 0.6) is 0 Å². The summed E-state index contributed by atoms with van der Waals surface area (Å²) < 4.78 is 4.85. The maximum absolute atomic E-state index is 12.4. The third kappa shape index (κ3) is 2.24. The zero-order valence-electron chi connectivity index (χ0n) is 13.7. The van der Waals surface area contributed by atoms with Crippen molar-refractivity contribution >= 4 is 23.4 Å². The number of aliphatic hydroxyl groups excluding tert-OH is 1. The fourth-order valence-electron chi connectivity index (χ4n) is 3.36. The van der Waals surface area contributed by atoms with Crippen LogP contribution in [0.1, 0.15) is 6.92 Å². The number of hydrogen-bond acceptors (Lipinski definition) is 5. The minimum absolute atomic E-state index is 0.0487. The van der Waals surface area contributed by atoms with E-state index in [0.29, 0.717) is 5.69 Å². The highest BCUT2D eigenvalue weighted by Gasteiger charge is 2.53. The molecule has 7 nitrogen and oxygen atoms in total. The number of para-hydroxylation sites is 1. The number of rotatable bonds is 3. The summed E-state index contributed by atoms with van der Waals surface area (Å²) in [6.07, 6.45) is 2.63. The van der Waals surface area contributed by atoms with Crippen LogP contribution in [-0.2, 0) is 14.3 Å². The van der Waals surface area contributed by atoms with Gasteiger partial charge in [-0.15, -0.1) is 0 Å². The molecule has 25 heavy (non-hydrogen) atoms. The van der Waals surface area contributed by atoms with Crippen molar-refractivity contribution in [3.63, 3.8) is 0 Å². The van der Waals surface area contributed by atoms with E-state index in [9.17, 15) is 14.7 Å². The second-order valence-electron chi connectivity index (χ2n) is 5.86. The van der Waals surface area contributed by atoms with Crippen LogP contribution in [0.3, 0.4) is 0 Å². The van der Waals surface area contributed by atoms with Crippen LogP contribution in [0.15, 0.2) is 65.0 Å². The predicted molar refractivity (Wildman–Crippen MR) is 92.1 cm³/mol. The van der Waals surface area contributed by atoms with E-state index in [1.54, 1.807) is 31.2 Å². The molecule has 1 aromatic rings. The fraction of sp³-hybridized carbons (Fsp3) is 0.167. The number of amides is 1. The van der Waals surface area contributed by atoms with Crippen LogP contribution in [-0.4, -0.2) is 35.5 Å². The first-order chi connectivity index (χ1) is 11.8. The predicted octanol–water partition coefficient (Wildman–Crippen LogP) is 1.58. The molecule has 2 aliphatic rings.